The Balaban J connectivity index is 2.13. The zero-order valence-electron chi connectivity index (χ0n) is 10.9. The molecule has 1 rings (SSSR count). The van der Waals surface area contributed by atoms with Crippen LogP contribution < -0.4 is 0 Å². The van der Waals surface area contributed by atoms with E-state index < -0.39 is 0 Å². The molecule has 1 nitrogen and oxygen atoms in total. The Labute approximate surface area is 109 Å². The molecule has 96 valence electrons. The van der Waals surface area contributed by atoms with Crippen LogP contribution in [0.4, 0.5) is 0 Å². The largest absolute Gasteiger partial charge is 0.374 e. The molecule has 0 N–H and O–H groups in total. The van der Waals surface area contributed by atoms with E-state index in [1.165, 1.54) is 51.4 Å². The maximum atomic E-state index is 6.15. The minimum Gasteiger partial charge on any atom is -0.374 e. The predicted octanol–water partition coefficient (Wildman–Crippen LogP) is 4.93. The second-order valence-corrected chi connectivity index (χ2v) is 6.18. The van der Waals surface area contributed by atoms with Crippen LogP contribution in [0.5, 0.6) is 0 Å². The van der Waals surface area contributed by atoms with Gasteiger partial charge in [-0.05, 0) is 25.2 Å². The molecule has 0 spiro atoms. The molecular formula is C14H27BrO. The first kappa shape index (κ1) is 14.5. The Bertz CT molecular complexity index is 174. The Morgan fingerprint density at radius 1 is 1.12 bits per heavy atom. The third-order valence-electron chi connectivity index (χ3n) is 3.59. The summed E-state index contributed by atoms with van der Waals surface area (Å²) in [6.45, 7) is 5.54. The molecule has 0 unspecified atom stereocenters. The number of hydrogen-bond acceptors (Lipinski definition) is 1. The van der Waals surface area contributed by atoms with E-state index in [2.05, 4.69) is 29.8 Å². The molecule has 1 saturated carbocycles. The molecule has 0 radical (unpaired) electrons. The number of rotatable bonds is 7. The summed E-state index contributed by atoms with van der Waals surface area (Å²) in [5.74, 6) is 0.833. The lowest BCUT2D eigenvalue weighted by molar-refractivity contribution is -0.0529. The summed E-state index contributed by atoms with van der Waals surface area (Å²) in [4.78, 5) is 0. The van der Waals surface area contributed by atoms with Crippen LogP contribution in [0, 0.1) is 5.92 Å². The third-order valence-corrected chi connectivity index (χ3v) is 4.61. The molecule has 1 aliphatic carbocycles. The highest BCUT2D eigenvalue weighted by Crippen LogP contribution is 2.33. The minimum atomic E-state index is 0.177. The Kier molecular flexibility index (Phi) is 6.98. The van der Waals surface area contributed by atoms with Gasteiger partial charge in [0.15, 0.2) is 0 Å². The second-order valence-electron chi connectivity index (χ2n) is 5.62. The standard InChI is InChI=1S/C14H27BrO/c1-13(2)8-4-7-11-16-14(12-15)9-5-3-6-10-14/h13H,3-12H2,1-2H3. The van der Waals surface area contributed by atoms with Gasteiger partial charge in [0.25, 0.3) is 0 Å². The summed E-state index contributed by atoms with van der Waals surface area (Å²) in [5.41, 5.74) is 0.177. The molecule has 0 aromatic heterocycles. The zero-order chi connectivity index (χ0) is 11.9. The first-order valence-electron chi connectivity index (χ1n) is 6.88. The molecule has 0 atom stereocenters. The molecule has 0 saturated heterocycles. The van der Waals surface area contributed by atoms with Gasteiger partial charge < -0.3 is 4.74 Å². The molecule has 0 heterocycles. The van der Waals surface area contributed by atoms with E-state index in [4.69, 9.17) is 4.74 Å². The molecular weight excluding hydrogens is 264 g/mol. The Morgan fingerprint density at radius 2 is 1.81 bits per heavy atom. The van der Waals surface area contributed by atoms with Gasteiger partial charge in [-0.15, -0.1) is 0 Å². The molecule has 0 bridgehead atoms. The van der Waals surface area contributed by atoms with E-state index in [0.717, 1.165) is 17.9 Å². The van der Waals surface area contributed by atoms with E-state index in [9.17, 15) is 0 Å². The summed E-state index contributed by atoms with van der Waals surface area (Å²) in [6, 6.07) is 0. The maximum Gasteiger partial charge on any atom is 0.0778 e. The van der Waals surface area contributed by atoms with Crippen molar-refractivity contribution in [3.05, 3.63) is 0 Å². The van der Waals surface area contributed by atoms with Crippen LogP contribution in [0.3, 0.4) is 0 Å². The molecule has 1 fully saturated rings. The van der Waals surface area contributed by atoms with Crippen LogP contribution in [0.15, 0.2) is 0 Å². The Hall–Kier alpha value is 0.440. The van der Waals surface area contributed by atoms with Crippen molar-refractivity contribution in [3.63, 3.8) is 0 Å². The van der Waals surface area contributed by atoms with Gasteiger partial charge in [-0.3, -0.25) is 0 Å². The number of ether oxygens (including phenoxy) is 1. The molecule has 0 aromatic rings. The van der Waals surface area contributed by atoms with Crippen molar-refractivity contribution >= 4 is 15.9 Å². The number of halogens is 1. The van der Waals surface area contributed by atoms with Gasteiger partial charge in [0.2, 0.25) is 0 Å². The van der Waals surface area contributed by atoms with Gasteiger partial charge >= 0.3 is 0 Å². The summed E-state index contributed by atoms with van der Waals surface area (Å²) in [6.07, 6.45) is 10.5. The highest BCUT2D eigenvalue weighted by Gasteiger charge is 2.31. The lowest BCUT2D eigenvalue weighted by Gasteiger charge is -2.35. The normalized spacial score (nSPS) is 20.2. The van der Waals surface area contributed by atoms with Crippen molar-refractivity contribution in [1.82, 2.24) is 0 Å². The Morgan fingerprint density at radius 3 is 2.38 bits per heavy atom. The van der Waals surface area contributed by atoms with E-state index >= 15 is 0 Å². The lowest BCUT2D eigenvalue weighted by atomic mass is 9.86. The molecule has 1 aliphatic rings. The molecule has 16 heavy (non-hydrogen) atoms. The van der Waals surface area contributed by atoms with Crippen molar-refractivity contribution in [3.8, 4) is 0 Å². The van der Waals surface area contributed by atoms with Gasteiger partial charge in [0, 0.05) is 11.9 Å². The number of alkyl halides is 1. The van der Waals surface area contributed by atoms with Crippen LogP contribution >= 0.6 is 15.9 Å². The SMILES string of the molecule is CC(C)CCCCOC1(CBr)CCCCC1. The third kappa shape index (κ3) is 5.18. The smallest absolute Gasteiger partial charge is 0.0778 e. The maximum absolute atomic E-state index is 6.15. The van der Waals surface area contributed by atoms with Crippen LogP contribution in [0.1, 0.15) is 65.2 Å². The van der Waals surface area contributed by atoms with Crippen molar-refractivity contribution in [2.45, 2.75) is 70.8 Å². The fraction of sp³-hybridized carbons (Fsp3) is 1.00. The first-order valence-corrected chi connectivity index (χ1v) is 8.01. The van der Waals surface area contributed by atoms with Crippen molar-refractivity contribution < 1.29 is 4.74 Å². The molecule has 2 heteroatoms. The summed E-state index contributed by atoms with van der Waals surface area (Å²) < 4.78 is 6.15. The number of hydrogen-bond donors (Lipinski definition) is 0. The van der Waals surface area contributed by atoms with Crippen LogP contribution in [0.2, 0.25) is 0 Å². The fourth-order valence-electron chi connectivity index (χ4n) is 2.46. The monoisotopic (exact) mass is 290 g/mol. The molecule has 0 aliphatic heterocycles. The second kappa shape index (κ2) is 7.71. The van der Waals surface area contributed by atoms with E-state index in [1.54, 1.807) is 0 Å². The van der Waals surface area contributed by atoms with E-state index in [-0.39, 0.29) is 5.60 Å². The van der Waals surface area contributed by atoms with Crippen molar-refractivity contribution in [2.75, 3.05) is 11.9 Å². The van der Waals surface area contributed by atoms with E-state index in [1.807, 2.05) is 0 Å². The average Bonchev–Trinajstić information content (AvgIpc) is 2.29. The van der Waals surface area contributed by atoms with Gasteiger partial charge in [-0.25, -0.2) is 0 Å². The van der Waals surface area contributed by atoms with Crippen molar-refractivity contribution in [2.24, 2.45) is 5.92 Å². The van der Waals surface area contributed by atoms with E-state index in [0.29, 0.717) is 0 Å². The molecule has 0 amide bonds. The summed E-state index contributed by atoms with van der Waals surface area (Å²) in [7, 11) is 0. The van der Waals surface area contributed by atoms with Crippen LogP contribution in [0.25, 0.3) is 0 Å². The quantitative estimate of drug-likeness (QED) is 0.477. The number of unbranched alkanes of at least 4 members (excludes halogenated alkanes) is 1. The summed E-state index contributed by atoms with van der Waals surface area (Å²) in [5, 5.41) is 1.02. The van der Waals surface area contributed by atoms with Crippen LogP contribution in [-0.2, 0) is 4.74 Å². The van der Waals surface area contributed by atoms with Gasteiger partial charge in [-0.2, -0.15) is 0 Å². The van der Waals surface area contributed by atoms with Gasteiger partial charge in [0.1, 0.15) is 0 Å². The van der Waals surface area contributed by atoms with Gasteiger partial charge in [0.05, 0.1) is 5.60 Å². The summed E-state index contributed by atoms with van der Waals surface area (Å²) >= 11 is 3.64. The predicted molar refractivity (Wildman–Crippen MR) is 74.3 cm³/mol. The first-order chi connectivity index (χ1) is 7.68. The topological polar surface area (TPSA) is 9.23 Å². The highest BCUT2D eigenvalue weighted by atomic mass is 79.9. The fourth-order valence-corrected chi connectivity index (χ4v) is 3.18. The van der Waals surface area contributed by atoms with Crippen molar-refractivity contribution in [1.29, 1.82) is 0 Å². The molecule has 0 aromatic carbocycles. The average molecular weight is 291 g/mol. The van der Waals surface area contributed by atoms with Crippen LogP contribution in [-0.4, -0.2) is 17.5 Å². The van der Waals surface area contributed by atoms with Gasteiger partial charge in [-0.1, -0.05) is 61.9 Å². The zero-order valence-corrected chi connectivity index (χ0v) is 12.5. The lowest BCUT2D eigenvalue weighted by Crippen LogP contribution is -2.37. The minimum absolute atomic E-state index is 0.177. The highest BCUT2D eigenvalue weighted by molar-refractivity contribution is 9.09.